The normalized spacial score (nSPS) is 15.3. The fourth-order valence-corrected chi connectivity index (χ4v) is 2.92. The van der Waals surface area contributed by atoms with E-state index < -0.39 is 0 Å². The van der Waals surface area contributed by atoms with Crippen molar-refractivity contribution in [3.63, 3.8) is 0 Å². The lowest BCUT2D eigenvalue weighted by Gasteiger charge is -2.17. The van der Waals surface area contributed by atoms with Crippen molar-refractivity contribution < 1.29 is 14.3 Å². The standard InChI is InChI=1S/C15H20BrNO3/c1-2-19-14-10-12(11-18)9-13(16)15(14)20-8-7-17-5-3-4-6-17/h9-11H,2-8H2,1H3. The maximum Gasteiger partial charge on any atom is 0.175 e. The molecule has 2 rings (SSSR count). The Morgan fingerprint density at radius 2 is 2.05 bits per heavy atom. The quantitative estimate of drug-likeness (QED) is 0.714. The van der Waals surface area contributed by atoms with E-state index in [9.17, 15) is 4.79 Å². The molecule has 0 spiro atoms. The van der Waals surface area contributed by atoms with Crippen LogP contribution in [0.5, 0.6) is 11.5 Å². The molecule has 0 radical (unpaired) electrons. The first-order valence-corrected chi connectivity index (χ1v) is 7.80. The lowest BCUT2D eigenvalue weighted by Crippen LogP contribution is -2.25. The predicted octanol–water partition coefficient (Wildman–Crippen LogP) is 3.13. The van der Waals surface area contributed by atoms with Gasteiger partial charge in [0.25, 0.3) is 0 Å². The van der Waals surface area contributed by atoms with E-state index in [4.69, 9.17) is 9.47 Å². The van der Waals surface area contributed by atoms with E-state index in [-0.39, 0.29) is 0 Å². The van der Waals surface area contributed by atoms with E-state index in [0.29, 0.717) is 30.3 Å². The van der Waals surface area contributed by atoms with E-state index in [1.165, 1.54) is 12.8 Å². The van der Waals surface area contributed by atoms with E-state index in [2.05, 4.69) is 20.8 Å². The van der Waals surface area contributed by atoms with Gasteiger partial charge in [0.1, 0.15) is 12.9 Å². The number of hydrogen-bond acceptors (Lipinski definition) is 4. The number of likely N-dealkylation sites (tertiary alicyclic amines) is 1. The van der Waals surface area contributed by atoms with E-state index in [1.54, 1.807) is 12.1 Å². The molecule has 0 amide bonds. The van der Waals surface area contributed by atoms with Gasteiger partial charge in [-0.05, 0) is 60.9 Å². The number of halogens is 1. The molecule has 1 aromatic rings. The Morgan fingerprint density at radius 1 is 1.30 bits per heavy atom. The minimum Gasteiger partial charge on any atom is -0.490 e. The fraction of sp³-hybridized carbons (Fsp3) is 0.533. The molecule has 1 saturated heterocycles. The van der Waals surface area contributed by atoms with Crippen molar-refractivity contribution in [1.29, 1.82) is 0 Å². The number of benzene rings is 1. The van der Waals surface area contributed by atoms with E-state index in [1.807, 2.05) is 6.92 Å². The molecule has 1 fully saturated rings. The highest BCUT2D eigenvalue weighted by atomic mass is 79.9. The summed E-state index contributed by atoms with van der Waals surface area (Å²) in [6.45, 7) is 6.32. The monoisotopic (exact) mass is 341 g/mol. The summed E-state index contributed by atoms with van der Waals surface area (Å²) in [6, 6.07) is 3.47. The van der Waals surface area contributed by atoms with Crippen molar-refractivity contribution in [2.45, 2.75) is 19.8 Å². The summed E-state index contributed by atoms with van der Waals surface area (Å²) >= 11 is 3.45. The summed E-state index contributed by atoms with van der Waals surface area (Å²) in [6.07, 6.45) is 3.37. The maximum absolute atomic E-state index is 10.9. The molecule has 0 aliphatic carbocycles. The summed E-state index contributed by atoms with van der Waals surface area (Å²) in [5.41, 5.74) is 0.576. The molecule has 110 valence electrons. The number of ether oxygens (including phenoxy) is 2. The van der Waals surface area contributed by atoms with Crippen LogP contribution in [0.4, 0.5) is 0 Å². The van der Waals surface area contributed by atoms with Crippen LogP contribution >= 0.6 is 15.9 Å². The van der Waals surface area contributed by atoms with Crippen molar-refractivity contribution in [2.24, 2.45) is 0 Å². The topological polar surface area (TPSA) is 38.8 Å². The van der Waals surface area contributed by atoms with Gasteiger partial charge in [-0.3, -0.25) is 9.69 Å². The first-order chi connectivity index (χ1) is 9.74. The molecule has 0 bridgehead atoms. The van der Waals surface area contributed by atoms with Crippen LogP contribution in [0.1, 0.15) is 30.1 Å². The van der Waals surface area contributed by atoms with E-state index in [0.717, 1.165) is 30.4 Å². The molecular formula is C15H20BrNO3. The number of carbonyl (C=O) groups excluding carboxylic acids is 1. The van der Waals surface area contributed by atoms with Crippen molar-refractivity contribution in [3.8, 4) is 11.5 Å². The zero-order chi connectivity index (χ0) is 14.4. The first kappa shape index (κ1) is 15.3. The Bertz CT molecular complexity index is 459. The van der Waals surface area contributed by atoms with Gasteiger partial charge in [0, 0.05) is 12.1 Å². The zero-order valence-electron chi connectivity index (χ0n) is 11.7. The molecule has 1 aliphatic rings. The largest absolute Gasteiger partial charge is 0.490 e. The molecule has 1 aliphatic heterocycles. The fourth-order valence-electron chi connectivity index (χ4n) is 2.34. The first-order valence-electron chi connectivity index (χ1n) is 7.01. The van der Waals surface area contributed by atoms with Crippen LogP contribution in [-0.2, 0) is 0 Å². The lowest BCUT2D eigenvalue weighted by molar-refractivity contribution is 0.112. The van der Waals surface area contributed by atoms with Crippen LogP contribution in [0, 0.1) is 0 Å². The molecule has 0 aromatic heterocycles. The Labute approximate surface area is 128 Å². The summed E-state index contributed by atoms with van der Waals surface area (Å²) in [5, 5.41) is 0. The summed E-state index contributed by atoms with van der Waals surface area (Å²) in [4.78, 5) is 13.3. The van der Waals surface area contributed by atoms with Gasteiger partial charge in [-0.25, -0.2) is 0 Å². The van der Waals surface area contributed by atoms with Crippen molar-refractivity contribution >= 4 is 22.2 Å². The second kappa shape index (κ2) is 7.64. The number of aldehydes is 1. The predicted molar refractivity (Wildman–Crippen MR) is 81.9 cm³/mol. The molecule has 0 N–H and O–H groups in total. The number of hydrogen-bond donors (Lipinski definition) is 0. The molecule has 20 heavy (non-hydrogen) atoms. The summed E-state index contributed by atoms with van der Waals surface area (Å²) in [5.74, 6) is 1.29. The summed E-state index contributed by atoms with van der Waals surface area (Å²) in [7, 11) is 0. The zero-order valence-corrected chi connectivity index (χ0v) is 13.3. The molecule has 1 heterocycles. The third-order valence-corrected chi connectivity index (χ3v) is 3.91. The Kier molecular flexibility index (Phi) is 5.86. The van der Waals surface area contributed by atoms with Crippen molar-refractivity contribution in [2.75, 3.05) is 32.8 Å². The van der Waals surface area contributed by atoms with Crippen LogP contribution < -0.4 is 9.47 Å². The van der Waals surface area contributed by atoms with Gasteiger partial charge < -0.3 is 9.47 Å². The molecule has 0 unspecified atom stereocenters. The second-order valence-corrected chi connectivity index (χ2v) is 5.63. The van der Waals surface area contributed by atoms with Gasteiger partial charge in [0.15, 0.2) is 11.5 Å². The van der Waals surface area contributed by atoms with Crippen LogP contribution in [0.25, 0.3) is 0 Å². The number of rotatable bonds is 7. The Balaban J connectivity index is 2.02. The average molecular weight is 342 g/mol. The SMILES string of the molecule is CCOc1cc(C=O)cc(Br)c1OCCN1CCCC1. The van der Waals surface area contributed by atoms with Gasteiger partial charge >= 0.3 is 0 Å². The third kappa shape index (κ3) is 3.96. The van der Waals surface area contributed by atoms with Gasteiger partial charge in [-0.2, -0.15) is 0 Å². The highest BCUT2D eigenvalue weighted by molar-refractivity contribution is 9.10. The minimum atomic E-state index is 0.539. The Hall–Kier alpha value is -1.07. The van der Waals surface area contributed by atoms with Gasteiger partial charge in [0.05, 0.1) is 11.1 Å². The molecule has 0 saturated carbocycles. The molecule has 5 heteroatoms. The minimum absolute atomic E-state index is 0.539. The van der Waals surface area contributed by atoms with Gasteiger partial charge in [-0.15, -0.1) is 0 Å². The molecule has 0 atom stereocenters. The molecular weight excluding hydrogens is 322 g/mol. The van der Waals surface area contributed by atoms with Crippen LogP contribution in [0.3, 0.4) is 0 Å². The molecule has 1 aromatic carbocycles. The number of nitrogens with zero attached hydrogens (tertiary/aromatic N) is 1. The Morgan fingerprint density at radius 3 is 2.70 bits per heavy atom. The van der Waals surface area contributed by atoms with Gasteiger partial charge in [0.2, 0.25) is 0 Å². The van der Waals surface area contributed by atoms with Crippen molar-refractivity contribution in [1.82, 2.24) is 4.90 Å². The molecule has 4 nitrogen and oxygen atoms in total. The smallest absolute Gasteiger partial charge is 0.175 e. The average Bonchev–Trinajstić information content (AvgIpc) is 2.95. The third-order valence-electron chi connectivity index (χ3n) is 3.32. The lowest BCUT2D eigenvalue weighted by atomic mass is 10.2. The maximum atomic E-state index is 10.9. The van der Waals surface area contributed by atoms with Crippen LogP contribution in [0.15, 0.2) is 16.6 Å². The van der Waals surface area contributed by atoms with Crippen molar-refractivity contribution in [3.05, 3.63) is 22.2 Å². The second-order valence-electron chi connectivity index (χ2n) is 4.78. The highest BCUT2D eigenvalue weighted by Crippen LogP contribution is 2.36. The highest BCUT2D eigenvalue weighted by Gasteiger charge is 2.14. The van der Waals surface area contributed by atoms with Gasteiger partial charge in [-0.1, -0.05) is 0 Å². The number of carbonyl (C=O) groups is 1. The van der Waals surface area contributed by atoms with Crippen LogP contribution in [0.2, 0.25) is 0 Å². The van der Waals surface area contributed by atoms with E-state index >= 15 is 0 Å². The summed E-state index contributed by atoms with van der Waals surface area (Å²) < 4.78 is 12.2. The van der Waals surface area contributed by atoms with Crippen LogP contribution in [-0.4, -0.2) is 44.0 Å².